The number of carboxylic acid groups (broad SMARTS) is 2. The van der Waals surface area contributed by atoms with Gasteiger partial charge < -0.3 is 31.4 Å². The minimum atomic E-state index is -2.33. The molecule has 0 unspecified atom stereocenters. The Morgan fingerprint density at radius 1 is 1.00 bits per heavy atom. The van der Waals surface area contributed by atoms with Crippen LogP contribution in [0.25, 0.3) is 0 Å². The molecule has 8 heteroatoms. The van der Waals surface area contributed by atoms with Gasteiger partial charge in [-0.05, 0) is 6.16 Å². The van der Waals surface area contributed by atoms with Crippen molar-refractivity contribution in [1.82, 2.24) is 0 Å². The average Bonchev–Trinajstić information content (AvgIpc) is 0.811. The van der Waals surface area contributed by atoms with Crippen LogP contribution >= 0.6 is 0 Å². The third kappa shape index (κ3) is 16300. The molecule has 0 aromatic carbocycles. The summed E-state index contributed by atoms with van der Waals surface area (Å²) >= 11 is 0. The van der Waals surface area contributed by atoms with E-state index in [9.17, 15) is 0 Å². The van der Waals surface area contributed by atoms with E-state index in [0.717, 1.165) is 0 Å². The fourth-order valence-electron chi connectivity index (χ4n) is 0. The second-order valence-corrected chi connectivity index (χ2v) is 0.250. The van der Waals surface area contributed by atoms with E-state index in [-0.39, 0.29) is 49.4 Å². The molecule has 0 rings (SSSR count). The van der Waals surface area contributed by atoms with Crippen molar-refractivity contribution in [2.24, 2.45) is 0 Å². The molecule has 0 saturated carbocycles. The molecule has 6 nitrogen and oxygen atoms in total. The van der Waals surface area contributed by atoms with E-state index in [2.05, 4.69) is 0 Å². The fourth-order valence-corrected chi connectivity index (χ4v) is 0. The number of hydrogen-bond donors (Lipinski definition) is 0. The first kappa shape index (κ1) is 61.5. The molecule has 4 N–H and O–H groups in total. The zero-order chi connectivity index (χ0) is 3.58. The topological polar surface area (TPSA) is 155 Å². The van der Waals surface area contributed by atoms with Crippen molar-refractivity contribution in [1.29, 1.82) is 0 Å². The van der Waals surface area contributed by atoms with E-state index in [0.29, 0.717) is 0 Å². The summed E-state index contributed by atoms with van der Waals surface area (Å²) in [5.74, 6) is 0. The van der Waals surface area contributed by atoms with Gasteiger partial charge in [-0.15, -0.1) is 0 Å². The zero-order valence-electron chi connectivity index (χ0n) is 3.75. The van der Waals surface area contributed by atoms with Gasteiger partial charge >= 0.3 is 33.0 Å². The monoisotopic (exact) mass is 228 g/mol. The Kier molecular flexibility index (Phi) is 288. The van der Waals surface area contributed by atoms with Crippen molar-refractivity contribution in [3.63, 3.8) is 0 Å². The van der Waals surface area contributed by atoms with E-state index >= 15 is 0 Å². The molecule has 0 heterocycles. The van der Waals surface area contributed by atoms with E-state index in [1.807, 2.05) is 0 Å². The Morgan fingerprint density at radius 2 is 1.00 bits per heavy atom. The van der Waals surface area contributed by atoms with Gasteiger partial charge in [0.05, 0.1) is 0 Å². The third-order valence-corrected chi connectivity index (χ3v) is 0. The van der Waals surface area contributed by atoms with Gasteiger partial charge in [0.2, 0.25) is 0 Å². The fraction of sp³-hybridized carbons (Fsp3) is 0. The van der Waals surface area contributed by atoms with Crippen LogP contribution in [0.1, 0.15) is 0 Å². The largest absolute Gasteiger partial charge is 2.00 e. The van der Waals surface area contributed by atoms with Crippen molar-refractivity contribution in [3.8, 4) is 0 Å². The summed E-state index contributed by atoms with van der Waals surface area (Å²) < 4.78 is 0. The summed E-state index contributed by atoms with van der Waals surface area (Å²) in [6.07, 6.45) is -2.33. The average molecular weight is 229 g/mol. The Bertz CT molecular complexity index is 34.0. The summed E-state index contributed by atoms with van der Waals surface area (Å²) in [4.78, 5) is 8.33. The van der Waals surface area contributed by atoms with Crippen molar-refractivity contribution in [3.05, 3.63) is 0 Å². The SMILES string of the molecule is O.O=C([O-])[O-].[Ni+2].[Ni+2].[OH-].[OH-]. The molecule has 0 bridgehead atoms. The van der Waals surface area contributed by atoms with Crippen molar-refractivity contribution < 1.29 is 64.4 Å². The van der Waals surface area contributed by atoms with Gasteiger partial charge in [-0.25, -0.2) is 0 Å². The van der Waals surface area contributed by atoms with Crippen LogP contribution < -0.4 is 10.2 Å². The van der Waals surface area contributed by atoms with Crippen LogP contribution in [-0.2, 0) is 33.0 Å². The molecule has 0 aliphatic rings. The molecule has 0 aliphatic heterocycles. The Balaban J connectivity index is -0.00000000450. The normalized spacial score (nSPS) is 2.67. The van der Waals surface area contributed by atoms with Gasteiger partial charge in [-0.3, -0.25) is 0 Å². The molecule has 0 fully saturated rings. The predicted octanol–water partition coefficient (Wildman–Crippen LogP) is -3.63. The Hall–Kier alpha value is 0.137. The summed E-state index contributed by atoms with van der Waals surface area (Å²) in [5.41, 5.74) is 0. The molecule has 0 aromatic heterocycles. The van der Waals surface area contributed by atoms with Crippen molar-refractivity contribution >= 4 is 6.16 Å². The summed E-state index contributed by atoms with van der Waals surface area (Å²) in [6, 6.07) is 0. The van der Waals surface area contributed by atoms with E-state index in [4.69, 9.17) is 15.0 Å². The van der Waals surface area contributed by atoms with E-state index < -0.39 is 6.16 Å². The van der Waals surface area contributed by atoms with Crippen LogP contribution in [0.15, 0.2) is 0 Å². The standard InChI is InChI=1S/CH2O3.2Ni.3H2O/c2-1(3)4;;;;;/h(H2,2,3,4);;;3*1H2/q;2*+2;;;/p-4. The van der Waals surface area contributed by atoms with Crippen LogP contribution in [0, 0.1) is 0 Å². The van der Waals surface area contributed by atoms with Crippen LogP contribution in [0.3, 0.4) is 0 Å². The molecule has 64 valence electrons. The first-order valence-electron chi connectivity index (χ1n) is 0.612. The second-order valence-electron chi connectivity index (χ2n) is 0.250. The Labute approximate surface area is 71.0 Å². The molecule has 0 aliphatic carbocycles. The van der Waals surface area contributed by atoms with E-state index in [1.54, 1.807) is 0 Å². The van der Waals surface area contributed by atoms with E-state index in [1.165, 1.54) is 0 Å². The first-order chi connectivity index (χ1) is 1.73. The molecule has 0 radical (unpaired) electrons. The number of carbonyl (C=O) groups excluding carboxylic acids is 1. The predicted molar refractivity (Wildman–Crippen MR) is 12.9 cm³/mol. The van der Waals surface area contributed by atoms with Gasteiger partial charge in [0.25, 0.3) is 0 Å². The van der Waals surface area contributed by atoms with Gasteiger partial charge in [0, 0.05) is 0 Å². The number of hydrogen-bond acceptors (Lipinski definition) is 5. The molecular formula is CH4Ni2O6. The summed E-state index contributed by atoms with van der Waals surface area (Å²) in [7, 11) is 0. The molecule has 0 saturated heterocycles. The zero-order valence-corrected chi connectivity index (χ0v) is 5.73. The van der Waals surface area contributed by atoms with Crippen LogP contribution in [0.2, 0.25) is 0 Å². The smallest absolute Gasteiger partial charge is 0.870 e. The van der Waals surface area contributed by atoms with Gasteiger partial charge in [-0.2, -0.15) is 0 Å². The molecule has 0 atom stereocenters. The van der Waals surface area contributed by atoms with Crippen LogP contribution in [-0.4, -0.2) is 22.6 Å². The Morgan fingerprint density at radius 3 is 1.00 bits per heavy atom. The minimum absolute atomic E-state index is 0. The summed E-state index contributed by atoms with van der Waals surface area (Å²) in [6.45, 7) is 0. The van der Waals surface area contributed by atoms with Gasteiger partial charge in [0.1, 0.15) is 0 Å². The molecule has 0 spiro atoms. The summed E-state index contributed by atoms with van der Waals surface area (Å²) in [5, 5.41) is 16.7. The molecule has 0 amide bonds. The number of rotatable bonds is 0. The second kappa shape index (κ2) is 42.1. The first-order valence-corrected chi connectivity index (χ1v) is 0.612. The maximum atomic E-state index is 8.33. The maximum absolute atomic E-state index is 8.33. The quantitative estimate of drug-likeness (QED) is 0.392. The van der Waals surface area contributed by atoms with Gasteiger partial charge in [0.15, 0.2) is 0 Å². The maximum Gasteiger partial charge on any atom is 2.00 e. The number of carbonyl (C=O) groups is 1. The molecule has 9 heavy (non-hydrogen) atoms. The van der Waals surface area contributed by atoms with Crippen LogP contribution in [0.5, 0.6) is 0 Å². The van der Waals surface area contributed by atoms with Gasteiger partial charge in [-0.1, -0.05) is 0 Å². The minimum Gasteiger partial charge on any atom is -0.870 e. The molecular weight excluding hydrogens is 225 g/mol. The molecule has 0 aromatic rings. The van der Waals surface area contributed by atoms with Crippen molar-refractivity contribution in [2.75, 3.05) is 0 Å². The van der Waals surface area contributed by atoms with Crippen LogP contribution in [0.4, 0.5) is 4.79 Å². The third-order valence-electron chi connectivity index (χ3n) is 0. The van der Waals surface area contributed by atoms with Crippen molar-refractivity contribution in [2.45, 2.75) is 0 Å².